The van der Waals surface area contributed by atoms with Gasteiger partial charge in [-0.15, -0.1) is 0 Å². The number of aryl methyl sites for hydroxylation is 1. The molecule has 1 heterocycles. The van der Waals surface area contributed by atoms with E-state index in [0.717, 1.165) is 6.42 Å². The lowest BCUT2D eigenvalue weighted by Gasteiger charge is -2.16. The molecule has 0 fully saturated rings. The lowest BCUT2D eigenvalue weighted by Crippen LogP contribution is -2.00. The van der Waals surface area contributed by atoms with Crippen LogP contribution in [0, 0.1) is 0 Å². The number of rotatable bonds is 4. The van der Waals surface area contributed by atoms with Crippen molar-refractivity contribution in [2.45, 2.75) is 39.0 Å². The molecule has 0 amide bonds. The molecule has 1 aliphatic rings. The monoisotopic (exact) mass is 251 g/mol. The number of allylic oxidation sites excluding steroid dienone is 1. The number of hydrogen-bond donors (Lipinski definition) is 1. The molecule has 1 N–H and O–H groups in total. The third-order valence-electron chi connectivity index (χ3n) is 4.14. The van der Waals surface area contributed by atoms with Gasteiger partial charge < -0.3 is 4.98 Å². The Balaban J connectivity index is 2.07. The summed E-state index contributed by atoms with van der Waals surface area (Å²) in [6, 6.07) is 11.0. The standard InChI is InChI=1S/C18H21N/c1-3-7-16-15-9-6-5-8-14(15)12-17(16)18-13(4-2)10-11-19-18/h5-6,8-12,16,19H,3-4,7H2,1-2H3. The highest BCUT2D eigenvalue weighted by Gasteiger charge is 2.26. The number of benzene rings is 1. The number of fused-ring (bicyclic) bond motifs is 1. The van der Waals surface area contributed by atoms with Gasteiger partial charge in [-0.25, -0.2) is 0 Å². The van der Waals surface area contributed by atoms with Gasteiger partial charge in [0.2, 0.25) is 0 Å². The quantitative estimate of drug-likeness (QED) is 0.785. The summed E-state index contributed by atoms with van der Waals surface area (Å²) < 4.78 is 0. The molecule has 0 radical (unpaired) electrons. The Bertz CT molecular complexity index is 604. The Morgan fingerprint density at radius 2 is 1.95 bits per heavy atom. The van der Waals surface area contributed by atoms with E-state index in [-0.39, 0.29) is 0 Å². The average molecular weight is 251 g/mol. The zero-order chi connectivity index (χ0) is 13.2. The molecular weight excluding hydrogens is 230 g/mol. The van der Waals surface area contributed by atoms with Crippen molar-refractivity contribution in [3.8, 4) is 0 Å². The molecule has 1 aliphatic carbocycles. The molecule has 1 aromatic heterocycles. The predicted molar refractivity (Wildman–Crippen MR) is 82.1 cm³/mol. The van der Waals surface area contributed by atoms with Gasteiger partial charge in [-0.05, 0) is 47.2 Å². The average Bonchev–Trinajstić information content (AvgIpc) is 3.03. The van der Waals surface area contributed by atoms with E-state index >= 15 is 0 Å². The minimum absolute atomic E-state index is 0.560. The number of H-pyrrole nitrogens is 1. The first kappa shape index (κ1) is 12.3. The van der Waals surface area contributed by atoms with Crippen LogP contribution in [0.3, 0.4) is 0 Å². The van der Waals surface area contributed by atoms with E-state index in [1.807, 2.05) is 0 Å². The highest BCUT2D eigenvalue weighted by molar-refractivity contribution is 5.91. The first-order valence-electron chi connectivity index (χ1n) is 7.32. The van der Waals surface area contributed by atoms with Crippen LogP contribution >= 0.6 is 0 Å². The zero-order valence-corrected chi connectivity index (χ0v) is 11.7. The van der Waals surface area contributed by atoms with Gasteiger partial charge in [0, 0.05) is 17.8 Å². The van der Waals surface area contributed by atoms with E-state index in [1.165, 1.54) is 40.8 Å². The number of aromatic nitrogens is 1. The topological polar surface area (TPSA) is 15.8 Å². The smallest absolute Gasteiger partial charge is 0.0451 e. The van der Waals surface area contributed by atoms with Crippen molar-refractivity contribution in [2.75, 3.05) is 0 Å². The molecular formula is C18H21N. The van der Waals surface area contributed by atoms with Crippen LogP contribution in [-0.4, -0.2) is 4.98 Å². The first-order valence-corrected chi connectivity index (χ1v) is 7.32. The summed E-state index contributed by atoms with van der Waals surface area (Å²) in [6.07, 6.45) is 7.98. The van der Waals surface area contributed by atoms with Crippen LogP contribution in [0.2, 0.25) is 0 Å². The molecule has 1 aromatic carbocycles. The molecule has 0 saturated carbocycles. The van der Waals surface area contributed by atoms with Gasteiger partial charge in [0.1, 0.15) is 0 Å². The maximum absolute atomic E-state index is 3.45. The van der Waals surface area contributed by atoms with Crippen molar-refractivity contribution < 1.29 is 0 Å². The Kier molecular flexibility index (Phi) is 3.29. The largest absolute Gasteiger partial charge is 0.361 e. The van der Waals surface area contributed by atoms with E-state index < -0.39 is 0 Å². The summed E-state index contributed by atoms with van der Waals surface area (Å²) in [7, 11) is 0. The summed E-state index contributed by atoms with van der Waals surface area (Å²) in [6.45, 7) is 4.50. The summed E-state index contributed by atoms with van der Waals surface area (Å²) in [5.41, 5.74) is 7.14. The van der Waals surface area contributed by atoms with Gasteiger partial charge in [-0.2, -0.15) is 0 Å². The van der Waals surface area contributed by atoms with E-state index in [1.54, 1.807) is 0 Å². The summed E-state index contributed by atoms with van der Waals surface area (Å²) in [5, 5.41) is 0. The normalized spacial score (nSPS) is 17.4. The molecule has 1 heteroatoms. The Morgan fingerprint density at radius 1 is 1.11 bits per heavy atom. The molecule has 0 aliphatic heterocycles. The maximum Gasteiger partial charge on any atom is 0.0451 e. The minimum atomic E-state index is 0.560. The van der Waals surface area contributed by atoms with E-state index in [4.69, 9.17) is 0 Å². The molecule has 3 rings (SSSR count). The fraction of sp³-hybridized carbons (Fsp3) is 0.333. The third-order valence-corrected chi connectivity index (χ3v) is 4.14. The minimum Gasteiger partial charge on any atom is -0.361 e. The number of aromatic amines is 1. The lowest BCUT2D eigenvalue weighted by molar-refractivity contribution is 0.735. The third kappa shape index (κ3) is 2.03. The molecule has 1 unspecified atom stereocenters. The van der Waals surface area contributed by atoms with Gasteiger partial charge in [0.25, 0.3) is 0 Å². The molecule has 1 nitrogen and oxygen atoms in total. The van der Waals surface area contributed by atoms with E-state index in [0.29, 0.717) is 5.92 Å². The van der Waals surface area contributed by atoms with Crippen molar-refractivity contribution in [3.05, 3.63) is 58.9 Å². The molecule has 2 aromatic rings. The fourth-order valence-electron chi connectivity index (χ4n) is 3.21. The molecule has 98 valence electrons. The first-order chi connectivity index (χ1) is 9.35. The van der Waals surface area contributed by atoms with Gasteiger partial charge in [-0.3, -0.25) is 0 Å². The Hall–Kier alpha value is -1.76. The highest BCUT2D eigenvalue weighted by Crippen LogP contribution is 2.44. The lowest BCUT2D eigenvalue weighted by atomic mass is 9.88. The van der Waals surface area contributed by atoms with Gasteiger partial charge in [0.05, 0.1) is 0 Å². The van der Waals surface area contributed by atoms with Crippen molar-refractivity contribution in [2.24, 2.45) is 0 Å². The van der Waals surface area contributed by atoms with Gasteiger partial charge in [-0.1, -0.05) is 44.5 Å². The van der Waals surface area contributed by atoms with Crippen molar-refractivity contribution in [1.29, 1.82) is 0 Å². The van der Waals surface area contributed by atoms with Crippen LogP contribution < -0.4 is 0 Å². The molecule has 0 saturated heterocycles. The van der Waals surface area contributed by atoms with Crippen LogP contribution in [0.5, 0.6) is 0 Å². The SMILES string of the molecule is CCCC1C(c2[nH]ccc2CC)=Cc2ccccc21. The van der Waals surface area contributed by atoms with Crippen molar-refractivity contribution >= 4 is 11.6 Å². The van der Waals surface area contributed by atoms with Crippen LogP contribution in [0.4, 0.5) is 0 Å². The van der Waals surface area contributed by atoms with E-state index in [9.17, 15) is 0 Å². The summed E-state index contributed by atoms with van der Waals surface area (Å²) >= 11 is 0. The number of hydrogen-bond acceptors (Lipinski definition) is 0. The summed E-state index contributed by atoms with van der Waals surface area (Å²) in [5.74, 6) is 0.560. The second kappa shape index (κ2) is 5.08. The second-order valence-electron chi connectivity index (χ2n) is 5.30. The van der Waals surface area contributed by atoms with Crippen LogP contribution in [-0.2, 0) is 6.42 Å². The highest BCUT2D eigenvalue weighted by atomic mass is 14.7. The van der Waals surface area contributed by atoms with Crippen LogP contribution in [0.15, 0.2) is 36.5 Å². The van der Waals surface area contributed by atoms with Crippen molar-refractivity contribution in [3.63, 3.8) is 0 Å². The maximum atomic E-state index is 3.45. The predicted octanol–water partition coefficient (Wildman–Crippen LogP) is 5.02. The Morgan fingerprint density at radius 3 is 2.74 bits per heavy atom. The molecule has 0 spiro atoms. The van der Waals surface area contributed by atoms with Crippen LogP contribution in [0.25, 0.3) is 11.6 Å². The van der Waals surface area contributed by atoms with E-state index in [2.05, 4.69) is 61.4 Å². The second-order valence-corrected chi connectivity index (χ2v) is 5.30. The molecule has 0 bridgehead atoms. The fourth-order valence-corrected chi connectivity index (χ4v) is 3.21. The zero-order valence-electron chi connectivity index (χ0n) is 11.7. The van der Waals surface area contributed by atoms with Gasteiger partial charge >= 0.3 is 0 Å². The summed E-state index contributed by atoms with van der Waals surface area (Å²) in [4.78, 5) is 3.45. The van der Waals surface area contributed by atoms with Crippen molar-refractivity contribution in [1.82, 2.24) is 4.98 Å². The Labute approximate surface area is 115 Å². The van der Waals surface area contributed by atoms with Crippen LogP contribution in [0.1, 0.15) is 55.0 Å². The number of nitrogens with one attached hydrogen (secondary N) is 1. The molecule has 19 heavy (non-hydrogen) atoms. The molecule has 1 atom stereocenters. The van der Waals surface area contributed by atoms with Gasteiger partial charge in [0.15, 0.2) is 0 Å².